The number of esters is 1. The molecule has 3 heterocycles. The van der Waals surface area contributed by atoms with E-state index in [1.165, 1.54) is 11.3 Å². The standard InChI is InChI=1S/C22H26N2O4S/c1-5-27-20(25)18-13-12-17(29-18)11-10-16-9-8-15-7-6-14-24(19(15)23-16)21(26)28-22(2,3)4/h8-13H,5-7,14H2,1-4H3/b11-10+. The number of aryl methyl sites for hydroxylation is 1. The van der Waals surface area contributed by atoms with E-state index < -0.39 is 5.60 Å². The molecular weight excluding hydrogens is 388 g/mol. The number of nitrogens with zero attached hydrogens (tertiary/aromatic N) is 2. The van der Waals surface area contributed by atoms with E-state index in [4.69, 9.17) is 9.47 Å². The predicted octanol–water partition coefficient (Wildman–Crippen LogP) is 5.18. The number of aromatic nitrogens is 1. The quantitative estimate of drug-likeness (QED) is 0.645. The van der Waals surface area contributed by atoms with Gasteiger partial charge in [-0.25, -0.2) is 14.6 Å². The summed E-state index contributed by atoms with van der Waals surface area (Å²) in [5, 5.41) is 0. The lowest BCUT2D eigenvalue weighted by Gasteiger charge is -2.30. The van der Waals surface area contributed by atoms with Crippen LogP contribution in [-0.2, 0) is 15.9 Å². The second kappa shape index (κ2) is 8.78. The number of ether oxygens (including phenoxy) is 2. The summed E-state index contributed by atoms with van der Waals surface area (Å²) in [7, 11) is 0. The fraction of sp³-hybridized carbons (Fsp3) is 0.409. The molecule has 0 bridgehead atoms. The number of anilines is 1. The number of carbonyl (C=O) groups excluding carboxylic acids is 2. The van der Waals surface area contributed by atoms with Crippen LogP contribution in [0, 0.1) is 0 Å². The first-order valence-corrected chi connectivity index (χ1v) is 10.5. The normalized spacial score (nSPS) is 14.0. The number of hydrogen-bond donors (Lipinski definition) is 0. The van der Waals surface area contributed by atoms with E-state index in [0.29, 0.717) is 23.8 Å². The molecule has 0 N–H and O–H groups in total. The lowest BCUT2D eigenvalue weighted by molar-refractivity contribution is 0.0530. The highest BCUT2D eigenvalue weighted by Gasteiger charge is 2.28. The van der Waals surface area contributed by atoms with E-state index in [9.17, 15) is 9.59 Å². The Morgan fingerprint density at radius 1 is 1.21 bits per heavy atom. The van der Waals surface area contributed by atoms with Crippen molar-refractivity contribution in [2.75, 3.05) is 18.1 Å². The van der Waals surface area contributed by atoms with Gasteiger partial charge in [0, 0.05) is 11.4 Å². The Hall–Kier alpha value is -2.67. The highest BCUT2D eigenvalue weighted by atomic mass is 32.1. The average Bonchev–Trinajstić information content (AvgIpc) is 3.14. The van der Waals surface area contributed by atoms with Gasteiger partial charge in [-0.05, 0) is 76.5 Å². The molecule has 2 aromatic rings. The lowest BCUT2D eigenvalue weighted by atomic mass is 10.1. The second-order valence-electron chi connectivity index (χ2n) is 7.71. The van der Waals surface area contributed by atoms with Gasteiger partial charge in [-0.2, -0.15) is 0 Å². The predicted molar refractivity (Wildman–Crippen MR) is 115 cm³/mol. The molecule has 1 aliphatic heterocycles. The van der Waals surface area contributed by atoms with Crippen LogP contribution in [-0.4, -0.2) is 35.8 Å². The lowest BCUT2D eigenvalue weighted by Crippen LogP contribution is -2.40. The van der Waals surface area contributed by atoms with E-state index in [0.717, 1.165) is 29.0 Å². The fourth-order valence-corrected chi connectivity index (χ4v) is 3.77. The van der Waals surface area contributed by atoms with Crippen LogP contribution in [0.3, 0.4) is 0 Å². The Balaban J connectivity index is 1.79. The van der Waals surface area contributed by atoms with Crippen molar-refractivity contribution in [3.63, 3.8) is 0 Å². The van der Waals surface area contributed by atoms with Crippen LogP contribution in [0.1, 0.15) is 59.9 Å². The van der Waals surface area contributed by atoms with Crippen LogP contribution in [0.5, 0.6) is 0 Å². The summed E-state index contributed by atoms with van der Waals surface area (Å²) >= 11 is 1.37. The SMILES string of the molecule is CCOC(=O)c1ccc(/C=C/c2ccc3c(n2)N(C(=O)OC(C)(C)C)CCC3)s1. The van der Waals surface area contributed by atoms with Crippen molar-refractivity contribution in [3.8, 4) is 0 Å². The van der Waals surface area contributed by atoms with Crippen molar-refractivity contribution in [1.82, 2.24) is 4.98 Å². The third-order valence-electron chi connectivity index (χ3n) is 4.20. The third kappa shape index (κ3) is 5.44. The number of thiophene rings is 1. The van der Waals surface area contributed by atoms with Crippen molar-refractivity contribution in [1.29, 1.82) is 0 Å². The molecule has 154 valence electrons. The van der Waals surface area contributed by atoms with Crippen LogP contribution < -0.4 is 4.90 Å². The summed E-state index contributed by atoms with van der Waals surface area (Å²) in [6.45, 7) is 8.30. The molecule has 3 rings (SSSR count). The van der Waals surface area contributed by atoms with E-state index in [1.807, 2.05) is 51.1 Å². The Bertz CT molecular complexity index is 927. The highest BCUT2D eigenvalue weighted by Crippen LogP contribution is 2.28. The molecule has 6 nitrogen and oxygen atoms in total. The number of rotatable bonds is 4. The van der Waals surface area contributed by atoms with Gasteiger partial charge in [0.25, 0.3) is 0 Å². The van der Waals surface area contributed by atoms with Crippen LogP contribution in [0.2, 0.25) is 0 Å². The highest BCUT2D eigenvalue weighted by molar-refractivity contribution is 7.14. The molecule has 0 saturated carbocycles. The van der Waals surface area contributed by atoms with Gasteiger partial charge in [0.2, 0.25) is 0 Å². The Morgan fingerprint density at radius 2 is 2.00 bits per heavy atom. The fourth-order valence-electron chi connectivity index (χ4n) is 2.96. The van der Waals surface area contributed by atoms with Gasteiger partial charge in [0.15, 0.2) is 0 Å². The van der Waals surface area contributed by atoms with Gasteiger partial charge in [-0.15, -0.1) is 11.3 Å². The first-order valence-electron chi connectivity index (χ1n) is 9.72. The maximum absolute atomic E-state index is 12.6. The van der Waals surface area contributed by atoms with E-state index in [2.05, 4.69) is 4.98 Å². The summed E-state index contributed by atoms with van der Waals surface area (Å²) in [5.41, 5.74) is 1.23. The van der Waals surface area contributed by atoms with Crippen molar-refractivity contribution in [2.24, 2.45) is 0 Å². The topological polar surface area (TPSA) is 68.7 Å². The molecule has 1 aliphatic rings. The minimum Gasteiger partial charge on any atom is -0.462 e. The van der Waals surface area contributed by atoms with Crippen LogP contribution in [0.4, 0.5) is 10.6 Å². The summed E-state index contributed by atoms with van der Waals surface area (Å²) in [6.07, 6.45) is 5.18. The first kappa shape index (κ1) is 21.0. The van der Waals surface area contributed by atoms with Gasteiger partial charge >= 0.3 is 12.1 Å². The van der Waals surface area contributed by atoms with Crippen LogP contribution in [0.15, 0.2) is 24.3 Å². The zero-order chi connectivity index (χ0) is 21.0. The monoisotopic (exact) mass is 414 g/mol. The molecule has 7 heteroatoms. The van der Waals surface area contributed by atoms with Gasteiger partial charge < -0.3 is 9.47 Å². The molecule has 29 heavy (non-hydrogen) atoms. The van der Waals surface area contributed by atoms with E-state index in [-0.39, 0.29) is 12.1 Å². The summed E-state index contributed by atoms with van der Waals surface area (Å²) in [5.74, 6) is 0.350. The van der Waals surface area contributed by atoms with E-state index in [1.54, 1.807) is 17.9 Å². The van der Waals surface area contributed by atoms with Crippen molar-refractivity contribution >= 4 is 41.4 Å². The molecule has 0 atom stereocenters. The average molecular weight is 415 g/mol. The molecule has 0 aliphatic carbocycles. The molecule has 0 radical (unpaired) electrons. The summed E-state index contributed by atoms with van der Waals surface area (Å²) in [4.78, 5) is 32.2. The Kier molecular flexibility index (Phi) is 6.37. The molecular formula is C22H26N2O4S. The number of pyridine rings is 1. The zero-order valence-corrected chi connectivity index (χ0v) is 18.0. The molecule has 1 amide bonds. The smallest absolute Gasteiger partial charge is 0.416 e. The van der Waals surface area contributed by atoms with Crippen LogP contribution >= 0.6 is 11.3 Å². The third-order valence-corrected chi connectivity index (χ3v) is 5.23. The van der Waals surface area contributed by atoms with Gasteiger partial charge in [0.05, 0.1) is 12.3 Å². The molecule has 0 spiro atoms. The Labute approximate surface area is 175 Å². The number of amides is 1. The molecule has 0 aromatic carbocycles. The number of hydrogen-bond acceptors (Lipinski definition) is 6. The minimum absolute atomic E-state index is 0.308. The maximum Gasteiger partial charge on any atom is 0.416 e. The molecule has 0 unspecified atom stereocenters. The van der Waals surface area contributed by atoms with E-state index >= 15 is 0 Å². The number of carbonyl (C=O) groups is 2. The summed E-state index contributed by atoms with van der Waals surface area (Å²) in [6, 6.07) is 7.58. The number of fused-ring (bicyclic) bond motifs is 1. The Morgan fingerprint density at radius 3 is 2.72 bits per heavy atom. The summed E-state index contributed by atoms with van der Waals surface area (Å²) < 4.78 is 10.6. The zero-order valence-electron chi connectivity index (χ0n) is 17.2. The van der Waals surface area contributed by atoms with Gasteiger partial charge in [-0.3, -0.25) is 4.90 Å². The largest absolute Gasteiger partial charge is 0.462 e. The maximum atomic E-state index is 12.6. The van der Waals surface area contributed by atoms with Gasteiger partial charge in [-0.1, -0.05) is 6.07 Å². The molecule has 2 aromatic heterocycles. The van der Waals surface area contributed by atoms with Crippen molar-refractivity contribution < 1.29 is 19.1 Å². The minimum atomic E-state index is -0.554. The molecule has 0 saturated heterocycles. The van der Waals surface area contributed by atoms with Crippen molar-refractivity contribution in [2.45, 2.75) is 46.1 Å². The van der Waals surface area contributed by atoms with Crippen molar-refractivity contribution in [3.05, 3.63) is 45.3 Å². The van der Waals surface area contributed by atoms with Crippen LogP contribution in [0.25, 0.3) is 12.2 Å². The second-order valence-corrected chi connectivity index (χ2v) is 8.83. The molecule has 0 fully saturated rings. The van der Waals surface area contributed by atoms with Gasteiger partial charge in [0.1, 0.15) is 16.3 Å². The first-order chi connectivity index (χ1) is 13.8.